The third-order valence-corrected chi connectivity index (χ3v) is 5.59. The number of pyridine rings is 1. The topological polar surface area (TPSA) is 88.3 Å². The minimum absolute atomic E-state index is 0.113. The van der Waals surface area contributed by atoms with Crippen molar-refractivity contribution in [3.63, 3.8) is 0 Å². The lowest BCUT2D eigenvalue weighted by molar-refractivity contribution is -0.137. The molecule has 3 aromatic rings. The van der Waals surface area contributed by atoms with Gasteiger partial charge in [0.05, 0.1) is 12.7 Å². The lowest BCUT2D eigenvalue weighted by atomic mass is 9.81. The lowest BCUT2D eigenvalue weighted by Crippen LogP contribution is -2.29. The number of rotatable bonds is 4. The number of hydrogen-bond acceptors (Lipinski definition) is 4. The first-order valence-corrected chi connectivity index (χ1v) is 10.1. The number of hydrogen-bond donors (Lipinski definition) is 2. The number of aromatic nitrogens is 1. The summed E-state index contributed by atoms with van der Waals surface area (Å²) in [6.45, 7) is 0. The summed E-state index contributed by atoms with van der Waals surface area (Å²) in [7, 11) is 1.56. The van der Waals surface area contributed by atoms with Gasteiger partial charge in [-0.15, -0.1) is 0 Å². The molecule has 2 aromatic carbocycles. The SMILES string of the molecule is COc1ccc(C2CC(=O)c3cc(C(=O)Nc4cccc(C(F)(F)F)c4)c(=O)[nH]c3C2)cc1. The van der Waals surface area contributed by atoms with Gasteiger partial charge in [-0.3, -0.25) is 14.4 Å². The number of benzene rings is 2. The van der Waals surface area contributed by atoms with Crippen molar-refractivity contribution >= 4 is 17.4 Å². The maximum Gasteiger partial charge on any atom is 0.416 e. The molecule has 0 bridgehead atoms. The number of anilines is 1. The number of ether oxygens (including phenoxy) is 1. The smallest absolute Gasteiger partial charge is 0.416 e. The molecule has 9 heteroatoms. The standard InChI is InChI=1S/C24H19F3N2O4/c1-33-17-7-5-13(6-8-17)14-9-20-18(21(30)10-14)12-19(23(32)29-20)22(31)28-16-4-2-3-15(11-16)24(25,26)27/h2-8,11-12,14H,9-10H2,1H3,(H,28,31)(H,29,32). The average Bonchev–Trinajstić information content (AvgIpc) is 2.78. The van der Waals surface area contributed by atoms with E-state index in [2.05, 4.69) is 10.3 Å². The van der Waals surface area contributed by atoms with E-state index < -0.39 is 23.2 Å². The third kappa shape index (κ3) is 4.67. The van der Waals surface area contributed by atoms with Crippen LogP contribution in [0.1, 0.15) is 49.9 Å². The van der Waals surface area contributed by atoms with Gasteiger partial charge in [0.2, 0.25) is 0 Å². The van der Waals surface area contributed by atoms with Gasteiger partial charge in [-0.1, -0.05) is 18.2 Å². The van der Waals surface area contributed by atoms with Gasteiger partial charge in [0, 0.05) is 23.4 Å². The van der Waals surface area contributed by atoms with Crippen molar-refractivity contribution in [3.8, 4) is 5.75 Å². The third-order valence-electron chi connectivity index (χ3n) is 5.59. The number of alkyl halides is 3. The number of halogens is 3. The summed E-state index contributed by atoms with van der Waals surface area (Å²) >= 11 is 0. The van der Waals surface area contributed by atoms with E-state index in [1.807, 2.05) is 12.1 Å². The highest BCUT2D eigenvalue weighted by Gasteiger charge is 2.31. The molecule has 0 saturated carbocycles. The fourth-order valence-corrected chi connectivity index (χ4v) is 3.88. The number of H-pyrrole nitrogens is 1. The summed E-state index contributed by atoms with van der Waals surface area (Å²) in [4.78, 5) is 40.6. The normalized spacial score (nSPS) is 15.6. The molecule has 1 heterocycles. The Morgan fingerprint density at radius 2 is 1.79 bits per heavy atom. The molecule has 1 aromatic heterocycles. The highest BCUT2D eigenvalue weighted by Crippen LogP contribution is 2.33. The van der Waals surface area contributed by atoms with Gasteiger partial charge < -0.3 is 15.0 Å². The Hall–Kier alpha value is -3.88. The van der Waals surface area contributed by atoms with E-state index in [4.69, 9.17) is 4.74 Å². The fourth-order valence-electron chi connectivity index (χ4n) is 3.88. The van der Waals surface area contributed by atoms with E-state index in [0.29, 0.717) is 17.9 Å². The predicted octanol–water partition coefficient (Wildman–Crippen LogP) is 4.57. The van der Waals surface area contributed by atoms with Crippen LogP contribution in [0, 0.1) is 0 Å². The Bertz CT molecular complexity index is 1280. The highest BCUT2D eigenvalue weighted by atomic mass is 19.4. The summed E-state index contributed by atoms with van der Waals surface area (Å²) in [5.41, 5.74) is -0.538. The number of fused-ring (bicyclic) bond motifs is 1. The van der Waals surface area contributed by atoms with Crippen LogP contribution >= 0.6 is 0 Å². The van der Waals surface area contributed by atoms with Crippen molar-refractivity contribution in [2.45, 2.75) is 24.9 Å². The van der Waals surface area contributed by atoms with Crippen LogP contribution in [0.2, 0.25) is 0 Å². The fraction of sp³-hybridized carbons (Fsp3) is 0.208. The largest absolute Gasteiger partial charge is 0.497 e. The van der Waals surface area contributed by atoms with Crippen molar-refractivity contribution < 1.29 is 27.5 Å². The molecule has 33 heavy (non-hydrogen) atoms. The second kappa shape index (κ2) is 8.57. The first-order valence-electron chi connectivity index (χ1n) is 10.1. The van der Waals surface area contributed by atoms with Crippen molar-refractivity contribution in [2.24, 2.45) is 0 Å². The molecule has 0 fully saturated rings. The van der Waals surface area contributed by atoms with E-state index in [9.17, 15) is 27.6 Å². The average molecular weight is 456 g/mol. The van der Waals surface area contributed by atoms with Crippen LogP contribution in [-0.4, -0.2) is 23.8 Å². The summed E-state index contributed by atoms with van der Waals surface area (Å²) < 4.78 is 43.9. The predicted molar refractivity (Wildman–Crippen MR) is 115 cm³/mol. The molecule has 1 unspecified atom stereocenters. The molecule has 1 aliphatic carbocycles. The highest BCUT2D eigenvalue weighted by molar-refractivity contribution is 6.06. The van der Waals surface area contributed by atoms with E-state index in [-0.39, 0.29) is 34.9 Å². The van der Waals surface area contributed by atoms with Crippen molar-refractivity contribution in [2.75, 3.05) is 12.4 Å². The van der Waals surface area contributed by atoms with Crippen LogP contribution < -0.4 is 15.6 Å². The second-order valence-corrected chi connectivity index (χ2v) is 7.74. The molecular weight excluding hydrogens is 437 g/mol. The van der Waals surface area contributed by atoms with Crippen molar-refractivity contribution in [1.29, 1.82) is 0 Å². The van der Waals surface area contributed by atoms with Gasteiger partial charge in [-0.2, -0.15) is 13.2 Å². The van der Waals surface area contributed by atoms with Crippen molar-refractivity contribution in [1.82, 2.24) is 4.98 Å². The maximum atomic E-state index is 12.9. The summed E-state index contributed by atoms with van der Waals surface area (Å²) in [5.74, 6) is -0.590. The molecule has 2 N–H and O–H groups in total. The van der Waals surface area contributed by atoms with Crippen LogP contribution in [0.25, 0.3) is 0 Å². The molecule has 4 rings (SSSR count). The Morgan fingerprint density at radius 3 is 2.45 bits per heavy atom. The number of carbonyl (C=O) groups is 2. The first-order chi connectivity index (χ1) is 15.7. The Balaban J connectivity index is 1.58. The molecule has 0 saturated heterocycles. The van der Waals surface area contributed by atoms with Gasteiger partial charge in [0.15, 0.2) is 5.78 Å². The molecule has 0 aliphatic heterocycles. The minimum Gasteiger partial charge on any atom is -0.497 e. The van der Waals surface area contributed by atoms with Gasteiger partial charge in [-0.25, -0.2) is 0 Å². The molecule has 170 valence electrons. The molecule has 0 radical (unpaired) electrons. The maximum absolute atomic E-state index is 12.9. The second-order valence-electron chi connectivity index (χ2n) is 7.74. The quantitative estimate of drug-likeness (QED) is 0.602. The Kier molecular flexibility index (Phi) is 5.80. The number of Topliss-reactive ketones (excluding diaryl/α,β-unsaturated/α-hetero) is 1. The number of aromatic amines is 1. The zero-order valence-corrected chi connectivity index (χ0v) is 17.5. The number of amides is 1. The van der Waals surface area contributed by atoms with Crippen LogP contribution in [-0.2, 0) is 12.6 Å². The van der Waals surface area contributed by atoms with Gasteiger partial charge in [-0.05, 0) is 54.3 Å². The van der Waals surface area contributed by atoms with Crippen LogP contribution in [0.15, 0.2) is 59.4 Å². The molecule has 1 aliphatic rings. The van der Waals surface area contributed by atoms with Crippen molar-refractivity contribution in [3.05, 3.63) is 92.9 Å². The van der Waals surface area contributed by atoms with E-state index in [1.165, 1.54) is 12.1 Å². The Labute approximate surface area is 186 Å². The monoisotopic (exact) mass is 456 g/mol. The number of nitrogens with one attached hydrogen (secondary N) is 2. The van der Waals surface area contributed by atoms with Crippen LogP contribution in [0.5, 0.6) is 5.75 Å². The summed E-state index contributed by atoms with van der Waals surface area (Å²) in [5, 5.41) is 2.30. The minimum atomic E-state index is -4.57. The number of carbonyl (C=O) groups excluding carboxylic acids is 2. The van der Waals surface area contributed by atoms with Crippen LogP contribution in [0.4, 0.5) is 18.9 Å². The van der Waals surface area contributed by atoms with Gasteiger partial charge in [0.1, 0.15) is 11.3 Å². The van der Waals surface area contributed by atoms with E-state index in [0.717, 1.165) is 23.8 Å². The molecule has 1 amide bonds. The zero-order chi connectivity index (χ0) is 23.8. The van der Waals surface area contributed by atoms with E-state index in [1.54, 1.807) is 19.2 Å². The first kappa shape index (κ1) is 22.3. The molecule has 0 spiro atoms. The summed E-state index contributed by atoms with van der Waals surface area (Å²) in [6.07, 6.45) is -3.98. The number of ketones is 1. The van der Waals surface area contributed by atoms with Crippen LogP contribution in [0.3, 0.4) is 0 Å². The van der Waals surface area contributed by atoms with E-state index >= 15 is 0 Å². The molecular formula is C24H19F3N2O4. The van der Waals surface area contributed by atoms with Gasteiger partial charge in [0.25, 0.3) is 11.5 Å². The lowest BCUT2D eigenvalue weighted by Gasteiger charge is -2.24. The zero-order valence-electron chi connectivity index (χ0n) is 17.5. The molecule has 1 atom stereocenters. The molecule has 6 nitrogen and oxygen atoms in total. The Morgan fingerprint density at radius 1 is 1.06 bits per heavy atom. The number of methoxy groups -OCH3 is 1. The summed E-state index contributed by atoms with van der Waals surface area (Å²) in [6, 6.07) is 12.6. The van der Waals surface area contributed by atoms with Gasteiger partial charge >= 0.3 is 6.18 Å².